The first-order chi connectivity index (χ1) is 46.5. The van der Waals surface area contributed by atoms with Crippen LogP contribution in [0.5, 0.6) is 0 Å². The Labute approximate surface area is 559 Å². The van der Waals surface area contributed by atoms with Crippen molar-refractivity contribution in [2.75, 3.05) is 39.6 Å². The Morgan fingerprint density at radius 3 is 1.23 bits per heavy atom. The highest BCUT2D eigenvalue weighted by molar-refractivity contribution is 5.77. The van der Waals surface area contributed by atoms with Gasteiger partial charge in [-0.3, -0.25) is 4.79 Å². The Morgan fingerprint density at radius 1 is 0.408 bits per heavy atom. The van der Waals surface area contributed by atoms with Gasteiger partial charge in [0.2, 0.25) is 6.29 Å². The number of aliphatic hydroxyl groups excluding tert-OH is 21. The number of aliphatic hydroxyl groups is 21. The van der Waals surface area contributed by atoms with Crippen molar-refractivity contribution < 1.29 is 183 Å². The predicted molar refractivity (Wildman–Crippen MR) is 309 cm³/mol. The van der Waals surface area contributed by atoms with E-state index < -0.39 is 289 Å². The van der Waals surface area contributed by atoms with Crippen molar-refractivity contribution in [3.8, 4) is 0 Å². The molecule has 41 atom stereocenters. The first-order valence-corrected chi connectivity index (χ1v) is 33.4. The van der Waals surface area contributed by atoms with Gasteiger partial charge in [-0.25, -0.2) is 0 Å². The fourth-order valence-corrected chi connectivity index (χ4v) is 17.9. The summed E-state index contributed by atoms with van der Waals surface area (Å²) in [5.41, 5.74) is -3.35. The van der Waals surface area contributed by atoms with Crippen molar-refractivity contribution in [1.82, 2.24) is 0 Å². The lowest BCUT2D eigenvalue weighted by Crippen LogP contribution is -2.68. The molecule has 562 valence electrons. The third-order valence-corrected chi connectivity index (χ3v) is 23.3. The SMILES string of the molecule is C=C1C[C@@]23CC[C@H]4[C@@](C)(CCC[C@@]4(C)C(=O)OC4OC(CO)C(O)C(OC5OC(CO)C(O)C(O)C5O)C4OC4OC5OC5C(OC5OC(CO)C(O)C(O)C5O)C4O)[C@@H]2CC[C@]1(OC1OC(CO)C(O)C(OC2OC(CO)C(O)C(O)C2O)C1OC1OC(CO)C(O)C(O)C1O)C3. The number of esters is 1. The summed E-state index contributed by atoms with van der Waals surface area (Å²) < 4.78 is 91.1. The van der Waals surface area contributed by atoms with Gasteiger partial charge >= 0.3 is 5.97 Å². The van der Waals surface area contributed by atoms with E-state index in [1.165, 1.54) is 0 Å². The summed E-state index contributed by atoms with van der Waals surface area (Å²) in [5.74, 6) is -1.49. The molecule has 98 heavy (non-hydrogen) atoms. The number of hydrogen-bond acceptors (Lipinski definition) is 37. The number of fused-ring (bicyclic) bond motifs is 4. The Kier molecular flexibility index (Phi) is 22.6. The van der Waals surface area contributed by atoms with Crippen molar-refractivity contribution in [2.45, 2.75) is 292 Å². The van der Waals surface area contributed by atoms with Crippen molar-refractivity contribution in [3.05, 3.63) is 12.2 Å². The van der Waals surface area contributed by atoms with E-state index in [4.69, 9.17) is 71.1 Å². The molecular weight excluding hydrogens is 1320 g/mol. The monoisotopic (exact) mass is 1420 g/mol. The number of carbonyl (C=O) groups excluding carboxylic acids is 1. The largest absolute Gasteiger partial charge is 0.432 e. The maximum Gasteiger partial charge on any atom is 0.314 e. The molecule has 0 radical (unpaired) electrons. The molecule has 12 fully saturated rings. The van der Waals surface area contributed by atoms with E-state index in [1.54, 1.807) is 6.92 Å². The predicted octanol–water partition coefficient (Wildman–Crippen LogP) is -10.6. The highest BCUT2D eigenvalue weighted by Crippen LogP contribution is 2.74. The zero-order chi connectivity index (χ0) is 70.7. The van der Waals surface area contributed by atoms with Crippen LogP contribution >= 0.6 is 0 Å². The molecule has 37 nitrogen and oxygen atoms in total. The minimum atomic E-state index is -2.09. The summed E-state index contributed by atoms with van der Waals surface area (Å²) in [7, 11) is 0. The van der Waals surface area contributed by atoms with Crippen molar-refractivity contribution >= 4 is 5.97 Å². The van der Waals surface area contributed by atoms with Crippen LogP contribution in [0.2, 0.25) is 0 Å². The Hall–Kier alpha value is -2.19. The van der Waals surface area contributed by atoms with Gasteiger partial charge in [-0.1, -0.05) is 19.9 Å². The van der Waals surface area contributed by atoms with Crippen LogP contribution in [-0.2, 0) is 75.8 Å². The van der Waals surface area contributed by atoms with Crippen LogP contribution in [0.3, 0.4) is 0 Å². The second kappa shape index (κ2) is 29.3. The van der Waals surface area contributed by atoms with E-state index in [-0.39, 0.29) is 25.2 Å². The van der Waals surface area contributed by atoms with Gasteiger partial charge in [0.15, 0.2) is 50.1 Å². The lowest BCUT2D eigenvalue weighted by molar-refractivity contribution is -0.400. The summed E-state index contributed by atoms with van der Waals surface area (Å²) in [6.07, 6.45) is -59.6. The van der Waals surface area contributed by atoms with Gasteiger partial charge in [-0.05, 0) is 86.5 Å². The number of carbonyl (C=O) groups is 1. The van der Waals surface area contributed by atoms with E-state index >= 15 is 4.79 Å². The van der Waals surface area contributed by atoms with Crippen LogP contribution in [0, 0.1) is 28.1 Å². The van der Waals surface area contributed by atoms with E-state index in [1.807, 2.05) is 0 Å². The Bertz CT molecular complexity index is 2720. The fraction of sp³-hybridized carbons (Fsp3) is 0.951. The molecule has 8 saturated heterocycles. The van der Waals surface area contributed by atoms with E-state index in [0.717, 1.165) is 0 Å². The topological polar surface area (TPSA) is 584 Å². The average Bonchev–Trinajstić information content (AvgIpc) is 1.41. The quantitative estimate of drug-likeness (QED) is 0.0233. The first-order valence-electron chi connectivity index (χ1n) is 33.4. The first kappa shape index (κ1) is 75.5. The third-order valence-electron chi connectivity index (χ3n) is 23.3. The molecule has 4 aliphatic carbocycles. The van der Waals surface area contributed by atoms with E-state index in [0.29, 0.717) is 44.1 Å². The van der Waals surface area contributed by atoms with Crippen LogP contribution < -0.4 is 0 Å². The number of hydrogen-bond donors (Lipinski definition) is 21. The smallest absolute Gasteiger partial charge is 0.314 e. The van der Waals surface area contributed by atoms with Crippen molar-refractivity contribution in [2.24, 2.45) is 28.1 Å². The van der Waals surface area contributed by atoms with Crippen molar-refractivity contribution in [3.63, 3.8) is 0 Å². The minimum absolute atomic E-state index is 0.177. The Morgan fingerprint density at radius 2 is 0.786 bits per heavy atom. The molecule has 12 aliphatic rings. The second-order valence-corrected chi connectivity index (χ2v) is 29.0. The molecule has 37 heteroatoms. The summed E-state index contributed by atoms with van der Waals surface area (Å²) in [6, 6.07) is 0. The summed E-state index contributed by atoms with van der Waals surface area (Å²) in [6.45, 7) is 3.06. The highest BCUT2D eigenvalue weighted by atomic mass is 16.9. The lowest BCUT2D eigenvalue weighted by atomic mass is 9.41. The third kappa shape index (κ3) is 13.2. The number of ether oxygens (including phenoxy) is 15. The standard InChI is InChI=1S/C61H96O37/c1-19-11-60-9-5-26-58(2,27(60)6-10-61(19,18-60)98-56-48(94-52-41(81)37(77)31(71)23(15-65)87-52)44(33(73)25(17-67)89-56)91-50-39(79)35(75)29(69)21(13-63)85-50)7-4-8-59(26,3)57(83)97-54-46(43(32(72)24(16-66)88-54)90-49-38(78)34(74)28(68)20(12-62)84-49)93-53-42(82)45(47-55(95-47)96-53)92-51-40(80)36(76)30(70)22(14-64)86-51/h20-56,62-82H,1,4-18H2,2-3H3/t20?,21?,22?,23?,24?,25?,26-,27-,28?,29?,30?,31?,32?,33?,34?,35?,36?,37?,38?,39?,40?,41?,42?,43?,44?,45?,46?,47?,48?,49?,50?,51?,52?,53?,54?,55?,56?,58+,59+,60+,61-/m0/s1. The molecule has 0 amide bonds. The molecule has 21 N–H and O–H groups in total. The zero-order valence-corrected chi connectivity index (χ0v) is 53.6. The van der Waals surface area contributed by atoms with Gasteiger partial charge in [0.25, 0.3) is 0 Å². The maximum absolute atomic E-state index is 15.6. The summed E-state index contributed by atoms with van der Waals surface area (Å²) in [4.78, 5) is 15.6. The fourth-order valence-electron chi connectivity index (χ4n) is 17.9. The minimum Gasteiger partial charge on any atom is -0.432 e. The normalized spacial score (nSPS) is 55.6. The molecule has 8 heterocycles. The number of rotatable bonds is 20. The molecule has 35 unspecified atom stereocenters. The van der Waals surface area contributed by atoms with Gasteiger partial charge in [0.05, 0.1) is 50.7 Å². The maximum atomic E-state index is 15.6. The molecule has 0 aromatic carbocycles. The molecule has 4 saturated carbocycles. The second-order valence-electron chi connectivity index (χ2n) is 29.0. The van der Waals surface area contributed by atoms with Gasteiger partial charge in [0, 0.05) is 0 Å². The molecular formula is C61H96O37. The molecule has 1 spiro atoms. The van der Waals surface area contributed by atoms with Crippen LogP contribution in [-0.4, -0.2) is 374 Å². The average molecular weight is 1420 g/mol. The van der Waals surface area contributed by atoms with Crippen LogP contribution in [0.15, 0.2) is 12.2 Å². The number of epoxide rings is 1. The van der Waals surface area contributed by atoms with Crippen LogP contribution in [0.4, 0.5) is 0 Å². The van der Waals surface area contributed by atoms with Crippen LogP contribution in [0.1, 0.15) is 71.6 Å². The van der Waals surface area contributed by atoms with E-state index in [9.17, 15) is 107 Å². The van der Waals surface area contributed by atoms with Gasteiger partial charge < -0.3 is 178 Å². The van der Waals surface area contributed by atoms with Crippen molar-refractivity contribution in [1.29, 1.82) is 0 Å². The van der Waals surface area contributed by atoms with Crippen LogP contribution in [0.25, 0.3) is 0 Å². The summed E-state index contributed by atoms with van der Waals surface area (Å²) >= 11 is 0. The Balaban J connectivity index is 0.810. The molecule has 0 aromatic heterocycles. The highest BCUT2D eigenvalue weighted by Gasteiger charge is 2.71. The van der Waals surface area contributed by atoms with Gasteiger partial charge in [0.1, 0.15) is 159 Å². The molecule has 0 aromatic rings. The summed E-state index contributed by atoms with van der Waals surface area (Å²) in [5, 5.41) is 227. The molecule has 8 aliphatic heterocycles. The van der Waals surface area contributed by atoms with Gasteiger partial charge in [-0.2, -0.15) is 0 Å². The zero-order valence-electron chi connectivity index (χ0n) is 53.6. The molecule has 12 rings (SSSR count). The van der Waals surface area contributed by atoms with Gasteiger partial charge in [-0.15, -0.1) is 0 Å². The molecule has 2 bridgehead atoms. The lowest BCUT2D eigenvalue weighted by Gasteiger charge is -2.64. The van der Waals surface area contributed by atoms with E-state index in [2.05, 4.69) is 13.5 Å².